The number of carbonyl (C=O) groups excluding carboxylic acids is 1. The van der Waals surface area contributed by atoms with Crippen LogP contribution in [0.2, 0.25) is 10.0 Å². The number of nitriles is 1. The van der Waals surface area contributed by atoms with Gasteiger partial charge in [-0.25, -0.2) is 4.98 Å². The molecule has 154 valence electrons. The number of aromatic nitrogens is 1. The first-order valence-electron chi connectivity index (χ1n) is 8.62. The van der Waals surface area contributed by atoms with Crippen molar-refractivity contribution < 1.29 is 14.5 Å². The molecule has 0 aliphatic carbocycles. The molecule has 31 heavy (non-hydrogen) atoms. The molecule has 0 saturated heterocycles. The average Bonchev–Trinajstić information content (AvgIpc) is 2.76. The minimum Gasteiger partial charge on any atom is -0.439 e. The summed E-state index contributed by atoms with van der Waals surface area (Å²) in [5, 5.41) is 23.2. The number of benzene rings is 2. The number of hydrogen-bond acceptors (Lipinski definition) is 6. The second-order valence-electron chi connectivity index (χ2n) is 6.04. The predicted octanol–water partition coefficient (Wildman–Crippen LogP) is 5.63. The van der Waals surface area contributed by atoms with Crippen LogP contribution < -0.4 is 10.1 Å². The molecule has 0 aliphatic heterocycles. The molecule has 10 heteroatoms. The summed E-state index contributed by atoms with van der Waals surface area (Å²) < 4.78 is 5.52. The van der Waals surface area contributed by atoms with Crippen molar-refractivity contribution in [3.8, 4) is 17.7 Å². The number of pyridine rings is 1. The van der Waals surface area contributed by atoms with E-state index in [0.717, 1.165) is 6.20 Å². The van der Waals surface area contributed by atoms with E-state index in [1.54, 1.807) is 30.3 Å². The maximum absolute atomic E-state index is 12.4. The van der Waals surface area contributed by atoms with E-state index in [2.05, 4.69) is 10.3 Å². The Labute approximate surface area is 186 Å². The standard InChI is InChI=1S/C21H12Cl2N4O4/c22-18-7-3-15(10-19(18)23)26-21(28)14(11-24)9-13-1-5-17(6-2-13)31-20-8-4-16(12-25-20)27(29)30/h1-10,12H,(H,26,28). The third kappa shape index (κ3) is 5.79. The molecule has 1 aromatic heterocycles. The number of anilines is 1. The second-order valence-corrected chi connectivity index (χ2v) is 6.85. The van der Waals surface area contributed by atoms with Gasteiger partial charge in [0.25, 0.3) is 11.6 Å². The molecule has 0 aliphatic rings. The van der Waals surface area contributed by atoms with E-state index in [9.17, 15) is 20.2 Å². The number of nitro groups is 1. The summed E-state index contributed by atoms with van der Waals surface area (Å²) in [5.74, 6) is 0.0150. The number of ether oxygens (including phenoxy) is 1. The van der Waals surface area contributed by atoms with Crippen molar-refractivity contribution in [3.63, 3.8) is 0 Å². The minimum absolute atomic E-state index is 0.114. The highest BCUT2D eigenvalue weighted by molar-refractivity contribution is 6.42. The van der Waals surface area contributed by atoms with Crippen molar-refractivity contribution in [1.29, 1.82) is 5.26 Å². The molecule has 0 unspecified atom stereocenters. The van der Waals surface area contributed by atoms with Gasteiger partial charge in [0.2, 0.25) is 5.88 Å². The predicted molar refractivity (Wildman–Crippen MR) is 116 cm³/mol. The van der Waals surface area contributed by atoms with Crippen molar-refractivity contribution >= 4 is 46.6 Å². The molecule has 0 fully saturated rings. The molecule has 3 aromatic rings. The Kier molecular flexibility index (Phi) is 6.82. The van der Waals surface area contributed by atoms with Crippen molar-refractivity contribution in [2.45, 2.75) is 0 Å². The van der Waals surface area contributed by atoms with Gasteiger partial charge in [0.1, 0.15) is 23.6 Å². The molecule has 0 atom stereocenters. The molecular formula is C21H12Cl2N4O4. The maximum atomic E-state index is 12.4. The highest BCUT2D eigenvalue weighted by Gasteiger charge is 2.11. The van der Waals surface area contributed by atoms with Crippen LogP contribution in [0.15, 0.2) is 66.4 Å². The highest BCUT2D eigenvalue weighted by atomic mass is 35.5. The van der Waals surface area contributed by atoms with Gasteiger partial charge < -0.3 is 10.1 Å². The van der Waals surface area contributed by atoms with Crippen LogP contribution in [0.4, 0.5) is 11.4 Å². The van der Waals surface area contributed by atoms with E-state index >= 15 is 0 Å². The number of halogens is 2. The lowest BCUT2D eigenvalue weighted by molar-refractivity contribution is -0.385. The fraction of sp³-hybridized carbons (Fsp3) is 0. The molecule has 0 spiro atoms. The van der Waals surface area contributed by atoms with Crippen molar-refractivity contribution in [3.05, 3.63) is 92.1 Å². The SMILES string of the molecule is N#CC(=Cc1ccc(Oc2ccc([N+](=O)[O-])cn2)cc1)C(=O)Nc1ccc(Cl)c(Cl)c1. The molecule has 1 heterocycles. The van der Waals surface area contributed by atoms with Crippen LogP contribution >= 0.6 is 23.2 Å². The fourth-order valence-corrected chi connectivity index (χ4v) is 2.68. The molecular weight excluding hydrogens is 443 g/mol. The third-order valence-corrected chi connectivity index (χ3v) is 4.63. The summed E-state index contributed by atoms with van der Waals surface area (Å²) in [5.41, 5.74) is 0.734. The third-order valence-electron chi connectivity index (χ3n) is 3.89. The van der Waals surface area contributed by atoms with Crippen LogP contribution in [-0.4, -0.2) is 15.8 Å². The largest absolute Gasteiger partial charge is 0.439 e. The Morgan fingerprint density at radius 2 is 1.87 bits per heavy atom. The van der Waals surface area contributed by atoms with E-state index in [-0.39, 0.29) is 22.2 Å². The number of nitrogens with one attached hydrogen (secondary N) is 1. The Hall–Kier alpha value is -3.93. The van der Waals surface area contributed by atoms with E-state index in [1.165, 1.54) is 30.3 Å². The van der Waals surface area contributed by atoms with Gasteiger partial charge >= 0.3 is 0 Å². The van der Waals surface area contributed by atoms with Crippen LogP contribution in [0, 0.1) is 21.4 Å². The Morgan fingerprint density at radius 3 is 2.45 bits per heavy atom. The molecule has 8 nitrogen and oxygen atoms in total. The molecule has 0 bridgehead atoms. The Morgan fingerprint density at radius 1 is 1.13 bits per heavy atom. The summed E-state index contributed by atoms with van der Waals surface area (Å²) in [6.45, 7) is 0. The molecule has 3 rings (SSSR count). The van der Waals surface area contributed by atoms with E-state index in [4.69, 9.17) is 27.9 Å². The highest BCUT2D eigenvalue weighted by Crippen LogP contribution is 2.26. The van der Waals surface area contributed by atoms with Crippen LogP contribution in [0.25, 0.3) is 6.08 Å². The van der Waals surface area contributed by atoms with Gasteiger partial charge in [-0.3, -0.25) is 14.9 Å². The Bertz CT molecular complexity index is 1200. The maximum Gasteiger partial charge on any atom is 0.287 e. The van der Waals surface area contributed by atoms with Gasteiger partial charge in [-0.05, 0) is 42.0 Å². The smallest absolute Gasteiger partial charge is 0.287 e. The average molecular weight is 455 g/mol. The normalized spacial score (nSPS) is 10.8. The van der Waals surface area contributed by atoms with Gasteiger partial charge in [-0.15, -0.1) is 0 Å². The summed E-state index contributed by atoms with van der Waals surface area (Å²) in [6, 6.07) is 15.6. The molecule has 2 aromatic carbocycles. The minimum atomic E-state index is -0.601. The summed E-state index contributed by atoms with van der Waals surface area (Å²) >= 11 is 11.8. The summed E-state index contributed by atoms with van der Waals surface area (Å²) in [6.07, 6.45) is 2.51. The zero-order valence-corrected chi connectivity index (χ0v) is 17.1. The van der Waals surface area contributed by atoms with E-state index in [0.29, 0.717) is 22.0 Å². The lowest BCUT2D eigenvalue weighted by Crippen LogP contribution is -2.13. The summed E-state index contributed by atoms with van der Waals surface area (Å²) in [7, 11) is 0. The van der Waals surface area contributed by atoms with Crippen LogP contribution in [-0.2, 0) is 4.79 Å². The van der Waals surface area contributed by atoms with Crippen LogP contribution in [0.5, 0.6) is 11.6 Å². The number of nitrogens with zero attached hydrogens (tertiary/aromatic N) is 3. The zero-order chi connectivity index (χ0) is 22.4. The first-order chi connectivity index (χ1) is 14.9. The topological polar surface area (TPSA) is 118 Å². The summed E-state index contributed by atoms with van der Waals surface area (Å²) in [4.78, 5) is 26.3. The fourth-order valence-electron chi connectivity index (χ4n) is 2.38. The molecule has 0 radical (unpaired) electrons. The monoisotopic (exact) mass is 454 g/mol. The first-order valence-corrected chi connectivity index (χ1v) is 9.38. The number of amides is 1. The Balaban J connectivity index is 1.69. The molecule has 1 amide bonds. The van der Waals surface area contributed by atoms with Crippen LogP contribution in [0.3, 0.4) is 0 Å². The lowest BCUT2D eigenvalue weighted by atomic mass is 10.1. The van der Waals surface area contributed by atoms with Gasteiger partial charge in [0, 0.05) is 17.8 Å². The first kappa shape index (κ1) is 21.8. The quantitative estimate of drug-likeness (QED) is 0.223. The van der Waals surface area contributed by atoms with Gasteiger partial charge in [-0.2, -0.15) is 5.26 Å². The van der Waals surface area contributed by atoms with E-state index in [1.807, 2.05) is 6.07 Å². The zero-order valence-electron chi connectivity index (χ0n) is 15.6. The number of rotatable bonds is 6. The second kappa shape index (κ2) is 9.71. The molecule has 0 saturated carbocycles. The number of carbonyl (C=O) groups is 1. The van der Waals surface area contributed by atoms with Crippen molar-refractivity contribution in [2.75, 3.05) is 5.32 Å². The number of hydrogen-bond donors (Lipinski definition) is 1. The van der Waals surface area contributed by atoms with Gasteiger partial charge in [0.05, 0.1) is 15.0 Å². The van der Waals surface area contributed by atoms with Crippen molar-refractivity contribution in [2.24, 2.45) is 0 Å². The van der Waals surface area contributed by atoms with Crippen LogP contribution in [0.1, 0.15) is 5.56 Å². The van der Waals surface area contributed by atoms with Gasteiger partial charge in [-0.1, -0.05) is 35.3 Å². The van der Waals surface area contributed by atoms with E-state index < -0.39 is 10.8 Å². The lowest BCUT2D eigenvalue weighted by Gasteiger charge is -2.06. The van der Waals surface area contributed by atoms with Crippen molar-refractivity contribution in [1.82, 2.24) is 4.98 Å². The van der Waals surface area contributed by atoms with Gasteiger partial charge in [0.15, 0.2) is 0 Å². The molecule has 1 N–H and O–H groups in total.